The van der Waals surface area contributed by atoms with Crippen molar-refractivity contribution in [2.24, 2.45) is 0 Å². The molecular weight excluding hydrogens is 204 g/mol. The maximum atomic E-state index is 4.33. The van der Waals surface area contributed by atoms with Gasteiger partial charge in [0.15, 0.2) is 0 Å². The Morgan fingerprint density at radius 2 is 2.18 bits per heavy atom. The number of hydrogen-bond donors (Lipinski definition) is 1. The number of imidazole rings is 1. The topological polar surface area (TPSA) is 28.7 Å². The Morgan fingerprint density at radius 1 is 1.36 bits per heavy atom. The van der Waals surface area contributed by atoms with E-state index in [0.717, 1.165) is 22.2 Å². The van der Waals surface area contributed by atoms with Gasteiger partial charge in [-0.2, -0.15) is 0 Å². The van der Waals surface area contributed by atoms with E-state index in [1.54, 1.807) is 0 Å². The standard InChI is InChI=1S/C8H7BrN2/c9-5-8-10-6-3-1-2-4-7(6)11-8/h1-4H,5H2,(H,10,11). The average molecular weight is 211 g/mol. The summed E-state index contributed by atoms with van der Waals surface area (Å²) in [7, 11) is 0. The van der Waals surface area contributed by atoms with Crippen LogP contribution in [0.1, 0.15) is 5.82 Å². The number of nitrogens with one attached hydrogen (secondary N) is 1. The van der Waals surface area contributed by atoms with Gasteiger partial charge in [-0.25, -0.2) is 4.98 Å². The van der Waals surface area contributed by atoms with Crippen LogP contribution < -0.4 is 0 Å². The maximum Gasteiger partial charge on any atom is 0.117 e. The summed E-state index contributed by atoms with van der Waals surface area (Å²) in [4.78, 5) is 7.52. The molecule has 0 fully saturated rings. The number of H-pyrrole nitrogens is 1. The fourth-order valence-corrected chi connectivity index (χ4v) is 1.33. The lowest BCUT2D eigenvalue weighted by molar-refractivity contribution is 1.15. The first-order valence-electron chi connectivity index (χ1n) is 3.40. The van der Waals surface area contributed by atoms with E-state index in [9.17, 15) is 0 Å². The van der Waals surface area contributed by atoms with E-state index in [1.807, 2.05) is 24.3 Å². The van der Waals surface area contributed by atoms with Crippen molar-refractivity contribution in [3.63, 3.8) is 0 Å². The molecule has 0 saturated heterocycles. The Kier molecular flexibility index (Phi) is 1.66. The van der Waals surface area contributed by atoms with Gasteiger partial charge in [0.1, 0.15) is 5.82 Å². The molecule has 2 aromatic rings. The molecule has 0 radical (unpaired) electrons. The fraction of sp³-hybridized carbons (Fsp3) is 0.125. The van der Waals surface area contributed by atoms with E-state index in [1.165, 1.54) is 0 Å². The second-order valence-corrected chi connectivity index (χ2v) is 2.90. The van der Waals surface area contributed by atoms with Crippen molar-refractivity contribution in [1.29, 1.82) is 0 Å². The van der Waals surface area contributed by atoms with E-state index >= 15 is 0 Å². The molecular formula is C8H7BrN2. The molecule has 1 aromatic heterocycles. The first kappa shape index (κ1) is 6.85. The summed E-state index contributed by atoms with van der Waals surface area (Å²) in [6.07, 6.45) is 0. The number of benzene rings is 1. The van der Waals surface area contributed by atoms with Crippen molar-refractivity contribution >= 4 is 27.0 Å². The molecule has 0 unspecified atom stereocenters. The van der Waals surface area contributed by atoms with Crippen LogP contribution in [0.5, 0.6) is 0 Å². The second kappa shape index (κ2) is 2.66. The van der Waals surface area contributed by atoms with Gasteiger partial charge in [-0.05, 0) is 12.1 Å². The van der Waals surface area contributed by atoms with Crippen LogP contribution in [-0.2, 0) is 5.33 Å². The molecule has 3 heteroatoms. The highest BCUT2D eigenvalue weighted by molar-refractivity contribution is 9.08. The molecule has 1 heterocycles. The number of aromatic amines is 1. The lowest BCUT2D eigenvalue weighted by Gasteiger charge is -1.81. The van der Waals surface area contributed by atoms with Gasteiger partial charge >= 0.3 is 0 Å². The number of halogens is 1. The van der Waals surface area contributed by atoms with Crippen LogP contribution in [0, 0.1) is 0 Å². The minimum Gasteiger partial charge on any atom is -0.341 e. The summed E-state index contributed by atoms with van der Waals surface area (Å²) in [6.45, 7) is 0. The smallest absolute Gasteiger partial charge is 0.117 e. The van der Waals surface area contributed by atoms with Crippen LogP contribution in [0.25, 0.3) is 11.0 Å². The lowest BCUT2D eigenvalue weighted by Crippen LogP contribution is -1.76. The third-order valence-electron chi connectivity index (χ3n) is 1.56. The van der Waals surface area contributed by atoms with Crippen molar-refractivity contribution in [2.75, 3.05) is 0 Å². The Morgan fingerprint density at radius 3 is 2.91 bits per heavy atom. The molecule has 0 amide bonds. The van der Waals surface area contributed by atoms with Crippen LogP contribution in [0.2, 0.25) is 0 Å². The Balaban J connectivity index is 2.69. The zero-order valence-electron chi connectivity index (χ0n) is 5.84. The number of para-hydroxylation sites is 2. The van der Waals surface area contributed by atoms with E-state index in [0.29, 0.717) is 0 Å². The molecule has 0 saturated carbocycles. The minimum atomic E-state index is 0.779. The van der Waals surface area contributed by atoms with Gasteiger partial charge in [-0.15, -0.1) is 0 Å². The molecule has 0 bridgehead atoms. The third-order valence-corrected chi connectivity index (χ3v) is 2.10. The van der Waals surface area contributed by atoms with Crippen LogP contribution >= 0.6 is 15.9 Å². The van der Waals surface area contributed by atoms with Gasteiger partial charge in [0.2, 0.25) is 0 Å². The van der Waals surface area contributed by atoms with Crippen LogP contribution in [0.15, 0.2) is 24.3 Å². The molecule has 0 aliphatic heterocycles. The van der Waals surface area contributed by atoms with Gasteiger partial charge in [0, 0.05) is 0 Å². The van der Waals surface area contributed by atoms with Crippen molar-refractivity contribution < 1.29 is 0 Å². The number of aromatic nitrogens is 2. The minimum absolute atomic E-state index is 0.779. The van der Waals surface area contributed by atoms with Crippen molar-refractivity contribution in [2.45, 2.75) is 5.33 Å². The highest BCUT2D eigenvalue weighted by Gasteiger charge is 1.97. The molecule has 0 atom stereocenters. The monoisotopic (exact) mass is 210 g/mol. The molecule has 0 spiro atoms. The largest absolute Gasteiger partial charge is 0.341 e. The molecule has 0 aliphatic rings. The summed E-state index contributed by atoms with van der Waals surface area (Å²) in [5, 5.41) is 0.779. The van der Waals surface area contributed by atoms with Crippen molar-refractivity contribution in [1.82, 2.24) is 9.97 Å². The second-order valence-electron chi connectivity index (χ2n) is 2.33. The number of alkyl halides is 1. The SMILES string of the molecule is BrCc1nc2ccccc2[nH]1. The fourth-order valence-electron chi connectivity index (χ4n) is 1.07. The zero-order valence-corrected chi connectivity index (χ0v) is 7.43. The summed E-state index contributed by atoms with van der Waals surface area (Å²) < 4.78 is 0. The summed E-state index contributed by atoms with van der Waals surface area (Å²) in [5.41, 5.74) is 2.13. The van der Waals surface area contributed by atoms with E-state index in [2.05, 4.69) is 25.9 Å². The number of rotatable bonds is 1. The van der Waals surface area contributed by atoms with E-state index < -0.39 is 0 Å². The number of hydrogen-bond acceptors (Lipinski definition) is 1. The van der Waals surface area contributed by atoms with Gasteiger partial charge in [-0.3, -0.25) is 0 Å². The highest BCUT2D eigenvalue weighted by Crippen LogP contribution is 2.11. The Hall–Kier alpha value is -0.830. The summed E-state index contributed by atoms with van der Waals surface area (Å²) in [6, 6.07) is 8.01. The van der Waals surface area contributed by atoms with Crippen LogP contribution in [0.3, 0.4) is 0 Å². The predicted octanol–water partition coefficient (Wildman–Crippen LogP) is 2.46. The van der Waals surface area contributed by atoms with Gasteiger partial charge in [-0.1, -0.05) is 28.1 Å². The molecule has 1 aromatic carbocycles. The van der Waals surface area contributed by atoms with E-state index in [-0.39, 0.29) is 0 Å². The van der Waals surface area contributed by atoms with Crippen LogP contribution in [-0.4, -0.2) is 9.97 Å². The van der Waals surface area contributed by atoms with Gasteiger partial charge < -0.3 is 4.98 Å². The van der Waals surface area contributed by atoms with Crippen molar-refractivity contribution in [3.05, 3.63) is 30.1 Å². The maximum absolute atomic E-state index is 4.33. The Labute approximate surface area is 72.8 Å². The summed E-state index contributed by atoms with van der Waals surface area (Å²) in [5.74, 6) is 0.978. The molecule has 2 nitrogen and oxygen atoms in total. The first-order chi connectivity index (χ1) is 5.40. The summed E-state index contributed by atoms with van der Waals surface area (Å²) >= 11 is 3.34. The zero-order chi connectivity index (χ0) is 7.68. The molecule has 1 N–H and O–H groups in total. The average Bonchev–Trinajstić information content (AvgIpc) is 2.46. The number of fused-ring (bicyclic) bond motifs is 1. The van der Waals surface area contributed by atoms with E-state index in [4.69, 9.17) is 0 Å². The number of nitrogens with zero attached hydrogens (tertiary/aromatic N) is 1. The van der Waals surface area contributed by atoms with Gasteiger partial charge in [0.05, 0.1) is 16.4 Å². The quantitative estimate of drug-likeness (QED) is 0.721. The first-order valence-corrected chi connectivity index (χ1v) is 4.52. The molecule has 2 rings (SSSR count). The molecule has 0 aliphatic carbocycles. The Bertz CT molecular complexity index is 334. The predicted molar refractivity (Wildman–Crippen MR) is 48.7 cm³/mol. The third kappa shape index (κ3) is 1.16. The molecule has 56 valence electrons. The lowest BCUT2D eigenvalue weighted by atomic mass is 10.3. The normalized spacial score (nSPS) is 10.6. The molecule has 11 heavy (non-hydrogen) atoms. The van der Waals surface area contributed by atoms with Gasteiger partial charge in [0.25, 0.3) is 0 Å². The van der Waals surface area contributed by atoms with Crippen LogP contribution in [0.4, 0.5) is 0 Å². The highest BCUT2D eigenvalue weighted by atomic mass is 79.9. The van der Waals surface area contributed by atoms with Crippen molar-refractivity contribution in [3.8, 4) is 0 Å².